The fourth-order valence-corrected chi connectivity index (χ4v) is 4.72. The minimum absolute atomic E-state index is 0.0557. The molecule has 0 unspecified atom stereocenters. The average molecular weight is 457 g/mol. The molecule has 0 aromatic heterocycles. The molecule has 0 spiro atoms. The van der Waals surface area contributed by atoms with E-state index in [1.807, 2.05) is 48.5 Å². The second-order valence-electron chi connectivity index (χ2n) is 8.17. The van der Waals surface area contributed by atoms with Crippen molar-refractivity contribution >= 4 is 17.3 Å². The number of benzene rings is 3. The van der Waals surface area contributed by atoms with Gasteiger partial charge in [-0.05, 0) is 60.5 Å². The summed E-state index contributed by atoms with van der Waals surface area (Å²) < 4.78 is 5.49. The summed E-state index contributed by atoms with van der Waals surface area (Å²) in [5.74, 6) is 0.815. The highest BCUT2D eigenvalue weighted by Gasteiger charge is 2.32. The van der Waals surface area contributed by atoms with Crippen LogP contribution in [0.15, 0.2) is 66.7 Å². The number of methoxy groups -OCH3 is 1. The molecule has 3 aromatic carbocycles. The van der Waals surface area contributed by atoms with E-state index in [0.29, 0.717) is 16.1 Å². The minimum atomic E-state index is 0.0557. The zero-order valence-electron chi connectivity index (χ0n) is 18.7. The van der Waals surface area contributed by atoms with Gasteiger partial charge in [0.1, 0.15) is 5.75 Å². The van der Waals surface area contributed by atoms with Crippen LogP contribution in [-0.2, 0) is 0 Å². The van der Waals surface area contributed by atoms with Gasteiger partial charge in [0, 0.05) is 25.7 Å². The first-order valence-corrected chi connectivity index (χ1v) is 11.3. The Morgan fingerprint density at radius 3 is 2.36 bits per heavy atom. The number of nitrogens with zero attached hydrogens (tertiary/aromatic N) is 4. The van der Waals surface area contributed by atoms with Crippen LogP contribution in [0.25, 0.3) is 0 Å². The lowest BCUT2D eigenvalue weighted by atomic mass is 9.97. The maximum Gasteiger partial charge on any atom is 0.119 e. The van der Waals surface area contributed by atoms with Gasteiger partial charge in [0.2, 0.25) is 0 Å². The number of ether oxygens (including phenoxy) is 1. The van der Waals surface area contributed by atoms with Gasteiger partial charge >= 0.3 is 0 Å². The van der Waals surface area contributed by atoms with Gasteiger partial charge in [-0.3, -0.25) is 4.90 Å². The van der Waals surface area contributed by atoms with Gasteiger partial charge < -0.3 is 9.64 Å². The van der Waals surface area contributed by atoms with Crippen molar-refractivity contribution in [3.05, 3.63) is 94.0 Å². The predicted molar refractivity (Wildman–Crippen MR) is 130 cm³/mol. The van der Waals surface area contributed by atoms with Crippen molar-refractivity contribution in [1.82, 2.24) is 4.90 Å². The molecule has 1 aliphatic heterocycles. The molecule has 2 atom stereocenters. The van der Waals surface area contributed by atoms with E-state index in [0.717, 1.165) is 36.6 Å². The van der Waals surface area contributed by atoms with Crippen LogP contribution < -0.4 is 9.64 Å². The highest BCUT2D eigenvalue weighted by Crippen LogP contribution is 2.38. The number of piperazine rings is 1. The van der Waals surface area contributed by atoms with Gasteiger partial charge in [0.05, 0.1) is 47.1 Å². The summed E-state index contributed by atoms with van der Waals surface area (Å²) in [5.41, 5.74) is 4.47. The Morgan fingerprint density at radius 1 is 0.970 bits per heavy atom. The Bertz CT molecular complexity index is 1210. The summed E-state index contributed by atoms with van der Waals surface area (Å²) in [5, 5.41) is 18.9. The molecule has 33 heavy (non-hydrogen) atoms. The van der Waals surface area contributed by atoms with Crippen molar-refractivity contribution in [3.8, 4) is 17.9 Å². The molecule has 1 heterocycles. The smallest absolute Gasteiger partial charge is 0.119 e. The molecule has 0 bridgehead atoms. The van der Waals surface area contributed by atoms with Crippen molar-refractivity contribution in [2.45, 2.75) is 19.0 Å². The third-order valence-corrected chi connectivity index (χ3v) is 6.65. The van der Waals surface area contributed by atoms with E-state index >= 15 is 0 Å². The SMILES string of the molecule is COc1cccc([C@@H]2CN([C@H](C)c3ccc(C#N)cc3)CCN2c2ccc(C#N)cc2Cl)c1. The van der Waals surface area contributed by atoms with E-state index in [1.54, 1.807) is 13.2 Å². The molecule has 0 amide bonds. The summed E-state index contributed by atoms with van der Waals surface area (Å²) >= 11 is 6.62. The molecule has 1 aliphatic rings. The van der Waals surface area contributed by atoms with Crippen molar-refractivity contribution in [2.75, 3.05) is 31.6 Å². The summed E-state index contributed by atoms with van der Waals surface area (Å²) in [6.45, 7) is 4.64. The summed E-state index contributed by atoms with van der Waals surface area (Å²) in [7, 11) is 1.68. The fourth-order valence-electron chi connectivity index (χ4n) is 4.43. The van der Waals surface area contributed by atoms with Crippen LogP contribution in [0.3, 0.4) is 0 Å². The number of anilines is 1. The van der Waals surface area contributed by atoms with Gasteiger partial charge in [0.15, 0.2) is 0 Å². The first-order chi connectivity index (χ1) is 16.0. The van der Waals surface area contributed by atoms with Crippen LogP contribution in [0.1, 0.15) is 41.3 Å². The first-order valence-electron chi connectivity index (χ1n) is 10.9. The molecular weight excluding hydrogens is 432 g/mol. The maximum absolute atomic E-state index is 9.23. The number of hydrogen-bond acceptors (Lipinski definition) is 5. The van der Waals surface area contributed by atoms with E-state index in [2.05, 4.69) is 41.0 Å². The van der Waals surface area contributed by atoms with Crippen molar-refractivity contribution in [2.24, 2.45) is 0 Å². The third kappa shape index (κ3) is 4.81. The largest absolute Gasteiger partial charge is 0.497 e. The first kappa shape index (κ1) is 22.7. The number of halogens is 1. The molecule has 1 saturated heterocycles. The molecule has 4 rings (SSSR count). The normalized spacial score (nSPS) is 17.1. The number of rotatable bonds is 5. The van der Waals surface area contributed by atoms with E-state index < -0.39 is 0 Å². The molecule has 0 N–H and O–H groups in total. The average Bonchev–Trinajstić information content (AvgIpc) is 2.88. The Balaban J connectivity index is 1.67. The van der Waals surface area contributed by atoms with E-state index in [-0.39, 0.29) is 12.1 Å². The zero-order valence-corrected chi connectivity index (χ0v) is 19.5. The Hall–Kier alpha value is -3.51. The fraction of sp³-hybridized carbons (Fsp3) is 0.259. The van der Waals surface area contributed by atoms with Gasteiger partial charge in [-0.1, -0.05) is 35.9 Å². The van der Waals surface area contributed by atoms with Gasteiger partial charge in [-0.25, -0.2) is 0 Å². The van der Waals surface area contributed by atoms with Gasteiger partial charge in [-0.2, -0.15) is 10.5 Å². The molecule has 5 nitrogen and oxygen atoms in total. The molecular formula is C27H25ClN4O. The molecule has 0 saturated carbocycles. The standard InChI is InChI=1S/C27H25ClN4O/c1-19(22-9-6-20(16-29)7-10-22)31-12-13-32(26-11-8-21(17-30)14-25(26)28)27(18-31)23-4-3-5-24(15-23)33-2/h3-11,14-15,19,27H,12-13,18H2,1-2H3/t19-,27+/m1/s1. The van der Waals surface area contributed by atoms with E-state index in [1.165, 1.54) is 5.56 Å². The van der Waals surface area contributed by atoms with Crippen molar-refractivity contribution in [3.63, 3.8) is 0 Å². The molecule has 0 aliphatic carbocycles. The van der Waals surface area contributed by atoms with Crippen LogP contribution in [0.4, 0.5) is 5.69 Å². The number of hydrogen-bond donors (Lipinski definition) is 0. The second kappa shape index (κ2) is 9.96. The highest BCUT2D eigenvalue weighted by atomic mass is 35.5. The van der Waals surface area contributed by atoms with Crippen LogP contribution in [0, 0.1) is 22.7 Å². The number of nitriles is 2. The van der Waals surface area contributed by atoms with Crippen LogP contribution in [0.5, 0.6) is 5.75 Å². The highest BCUT2D eigenvalue weighted by molar-refractivity contribution is 6.33. The van der Waals surface area contributed by atoms with Crippen LogP contribution in [0.2, 0.25) is 5.02 Å². The quantitative estimate of drug-likeness (QED) is 0.491. The summed E-state index contributed by atoms with van der Waals surface area (Å²) in [6.07, 6.45) is 0. The Morgan fingerprint density at radius 2 is 1.70 bits per heavy atom. The molecule has 166 valence electrons. The van der Waals surface area contributed by atoms with E-state index in [4.69, 9.17) is 21.6 Å². The van der Waals surface area contributed by atoms with Gasteiger partial charge in [-0.15, -0.1) is 0 Å². The monoisotopic (exact) mass is 456 g/mol. The van der Waals surface area contributed by atoms with Crippen molar-refractivity contribution in [1.29, 1.82) is 10.5 Å². The van der Waals surface area contributed by atoms with E-state index in [9.17, 15) is 5.26 Å². The van der Waals surface area contributed by atoms with Crippen LogP contribution in [-0.4, -0.2) is 31.6 Å². The molecule has 6 heteroatoms. The Labute approximate surface area is 200 Å². The molecule has 1 fully saturated rings. The summed E-state index contributed by atoms with van der Waals surface area (Å²) in [4.78, 5) is 4.78. The maximum atomic E-state index is 9.23. The molecule has 3 aromatic rings. The second-order valence-corrected chi connectivity index (χ2v) is 8.58. The molecule has 0 radical (unpaired) electrons. The lowest BCUT2D eigenvalue weighted by Crippen LogP contribution is -2.49. The minimum Gasteiger partial charge on any atom is -0.497 e. The zero-order chi connectivity index (χ0) is 23.4. The Kier molecular flexibility index (Phi) is 6.84. The topological polar surface area (TPSA) is 63.3 Å². The van der Waals surface area contributed by atoms with Crippen molar-refractivity contribution < 1.29 is 4.74 Å². The lowest BCUT2D eigenvalue weighted by Gasteiger charge is -2.45. The third-order valence-electron chi connectivity index (χ3n) is 6.35. The predicted octanol–water partition coefficient (Wildman–Crippen LogP) is 5.72. The van der Waals surface area contributed by atoms with Crippen LogP contribution >= 0.6 is 11.6 Å². The van der Waals surface area contributed by atoms with Gasteiger partial charge in [0.25, 0.3) is 0 Å². The lowest BCUT2D eigenvalue weighted by molar-refractivity contribution is 0.171. The summed E-state index contributed by atoms with van der Waals surface area (Å²) in [6, 6.07) is 26.0.